The Morgan fingerprint density at radius 2 is 1.96 bits per heavy atom. The van der Waals surface area contributed by atoms with Gasteiger partial charge in [0, 0.05) is 11.6 Å². The summed E-state index contributed by atoms with van der Waals surface area (Å²) in [4.78, 5) is 32.7. The number of fused-ring (bicyclic) bond motifs is 1. The first kappa shape index (κ1) is 17.6. The Hall–Kier alpha value is -3.17. The molecule has 3 heterocycles. The predicted octanol–water partition coefficient (Wildman–Crippen LogP) is 2.12. The number of nitrogens with zero attached hydrogens (tertiary/aromatic N) is 3. The summed E-state index contributed by atoms with van der Waals surface area (Å²) in [5.41, 5.74) is 0.302. The number of hydrogen-bond donors (Lipinski definition) is 2. The van der Waals surface area contributed by atoms with E-state index in [1.54, 1.807) is 0 Å². The average Bonchev–Trinajstić information content (AvgIpc) is 2.55. The Balaban J connectivity index is 1.65. The summed E-state index contributed by atoms with van der Waals surface area (Å²) in [6.45, 7) is 1.14. The molecule has 1 atom stereocenters. The second kappa shape index (κ2) is 6.98. The van der Waals surface area contributed by atoms with Crippen LogP contribution in [0.25, 0.3) is 0 Å². The van der Waals surface area contributed by atoms with Gasteiger partial charge < -0.3 is 10.2 Å². The van der Waals surface area contributed by atoms with E-state index < -0.39 is 35.4 Å². The molecule has 136 valence electrons. The molecule has 0 saturated carbocycles. The van der Waals surface area contributed by atoms with E-state index in [1.165, 1.54) is 13.0 Å². The maximum atomic E-state index is 13.7. The summed E-state index contributed by atoms with van der Waals surface area (Å²) in [7, 11) is 0. The lowest BCUT2D eigenvalue weighted by atomic mass is 10.2. The Morgan fingerprint density at radius 3 is 2.69 bits per heavy atom. The molecule has 0 saturated heterocycles. The lowest BCUT2D eigenvalue weighted by Crippen LogP contribution is -2.45. The fraction of sp³-hybridized carbons (Fsp3) is 0.250. The molecule has 0 bridgehead atoms. The Morgan fingerprint density at radius 1 is 1.27 bits per heavy atom. The molecule has 1 aliphatic heterocycles. The van der Waals surface area contributed by atoms with Crippen molar-refractivity contribution in [1.82, 2.24) is 20.2 Å². The van der Waals surface area contributed by atoms with Crippen LogP contribution in [0.5, 0.6) is 0 Å². The fourth-order valence-corrected chi connectivity index (χ4v) is 2.57. The van der Waals surface area contributed by atoms with E-state index in [1.807, 2.05) is 0 Å². The molecular formula is C16H14F3N5O2. The van der Waals surface area contributed by atoms with E-state index in [0.29, 0.717) is 11.6 Å². The smallest absolute Gasteiger partial charge is 0.323 e. The van der Waals surface area contributed by atoms with Gasteiger partial charge in [0.1, 0.15) is 29.8 Å². The normalized spacial score (nSPS) is 14.5. The van der Waals surface area contributed by atoms with Crippen LogP contribution in [0.4, 0.5) is 23.8 Å². The summed E-state index contributed by atoms with van der Waals surface area (Å²) >= 11 is 0. The minimum atomic E-state index is -0.885. The summed E-state index contributed by atoms with van der Waals surface area (Å²) in [6.07, 6.45) is 1.82. The molecular weight excluding hydrogens is 351 g/mol. The Kier molecular flexibility index (Phi) is 4.74. The maximum Gasteiger partial charge on any atom is 0.323 e. The molecule has 3 amide bonds. The number of rotatable bonds is 4. The van der Waals surface area contributed by atoms with Crippen LogP contribution >= 0.6 is 0 Å². The second-order valence-electron chi connectivity index (χ2n) is 5.76. The number of pyridine rings is 2. The zero-order valence-corrected chi connectivity index (χ0v) is 13.6. The van der Waals surface area contributed by atoms with Crippen LogP contribution < -0.4 is 10.6 Å². The average molecular weight is 365 g/mol. The first-order valence-electron chi connectivity index (χ1n) is 7.64. The SMILES string of the molecule is C[C@H](NC(=O)CN1Cc2cc(F)cnc2NC1=O)c1ncc(F)cc1F. The Bertz CT molecular complexity index is 877. The summed E-state index contributed by atoms with van der Waals surface area (Å²) < 4.78 is 39.9. The van der Waals surface area contributed by atoms with Crippen molar-refractivity contribution in [1.29, 1.82) is 0 Å². The van der Waals surface area contributed by atoms with Crippen molar-refractivity contribution in [2.24, 2.45) is 0 Å². The van der Waals surface area contributed by atoms with E-state index in [-0.39, 0.29) is 24.6 Å². The van der Waals surface area contributed by atoms with E-state index in [2.05, 4.69) is 20.6 Å². The van der Waals surface area contributed by atoms with Crippen molar-refractivity contribution >= 4 is 17.8 Å². The van der Waals surface area contributed by atoms with Gasteiger partial charge in [-0.15, -0.1) is 0 Å². The number of hydrogen-bond acceptors (Lipinski definition) is 4. The van der Waals surface area contributed by atoms with Crippen molar-refractivity contribution in [3.05, 3.63) is 53.2 Å². The van der Waals surface area contributed by atoms with Gasteiger partial charge in [-0.25, -0.2) is 22.9 Å². The molecule has 3 rings (SSSR count). The molecule has 0 radical (unpaired) electrons. The minimum Gasteiger partial charge on any atom is -0.346 e. The van der Waals surface area contributed by atoms with Gasteiger partial charge in [0.15, 0.2) is 0 Å². The van der Waals surface area contributed by atoms with Crippen molar-refractivity contribution < 1.29 is 22.8 Å². The molecule has 2 aromatic rings. The minimum absolute atomic E-state index is 0.00309. The van der Waals surface area contributed by atoms with Gasteiger partial charge in [-0.1, -0.05) is 0 Å². The highest BCUT2D eigenvalue weighted by molar-refractivity contribution is 5.93. The molecule has 26 heavy (non-hydrogen) atoms. The van der Waals surface area contributed by atoms with Gasteiger partial charge in [0.25, 0.3) is 0 Å². The number of amides is 3. The first-order chi connectivity index (χ1) is 12.3. The molecule has 2 aromatic heterocycles. The molecule has 0 aliphatic carbocycles. The van der Waals surface area contributed by atoms with Crippen LogP contribution in [0.3, 0.4) is 0 Å². The lowest BCUT2D eigenvalue weighted by Gasteiger charge is -2.28. The number of carbonyl (C=O) groups excluding carboxylic acids is 2. The van der Waals surface area contributed by atoms with Gasteiger partial charge in [-0.05, 0) is 13.0 Å². The zero-order valence-electron chi connectivity index (χ0n) is 13.6. The van der Waals surface area contributed by atoms with Crippen LogP contribution in [-0.2, 0) is 11.3 Å². The number of carbonyl (C=O) groups is 2. The Labute approximate surface area is 146 Å². The van der Waals surface area contributed by atoms with Crippen LogP contribution in [0.15, 0.2) is 24.5 Å². The van der Waals surface area contributed by atoms with Crippen molar-refractivity contribution in [2.45, 2.75) is 19.5 Å². The van der Waals surface area contributed by atoms with Crippen LogP contribution in [0.1, 0.15) is 24.2 Å². The first-order valence-corrected chi connectivity index (χ1v) is 7.64. The molecule has 0 unspecified atom stereocenters. The number of nitrogens with one attached hydrogen (secondary N) is 2. The molecule has 0 spiro atoms. The molecule has 0 aromatic carbocycles. The predicted molar refractivity (Wildman–Crippen MR) is 84.3 cm³/mol. The highest BCUT2D eigenvalue weighted by Crippen LogP contribution is 2.21. The van der Waals surface area contributed by atoms with Gasteiger partial charge in [-0.3, -0.25) is 15.1 Å². The van der Waals surface area contributed by atoms with Crippen molar-refractivity contribution in [2.75, 3.05) is 11.9 Å². The van der Waals surface area contributed by atoms with Crippen LogP contribution in [0.2, 0.25) is 0 Å². The summed E-state index contributed by atoms with van der Waals surface area (Å²) in [6, 6.07) is 0.488. The third kappa shape index (κ3) is 3.73. The van der Waals surface area contributed by atoms with E-state index in [9.17, 15) is 22.8 Å². The van der Waals surface area contributed by atoms with Gasteiger partial charge in [0.2, 0.25) is 5.91 Å². The van der Waals surface area contributed by atoms with Crippen molar-refractivity contribution in [3.63, 3.8) is 0 Å². The topological polar surface area (TPSA) is 87.2 Å². The molecule has 0 fully saturated rings. The van der Waals surface area contributed by atoms with Crippen LogP contribution in [0, 0.1) is 17.5 Å². The monoisotopic (exact) mass is 365 g/mol. The third-order valence-electron chi connectivity index (χ3n) is 3.77. The van der Waals surface area contributed by atoms with E-state index >= 15 is 0 Å². The largest absolute Gasteiger partial charge is 0.346 e. The third-order valence-corrected chi connectivity index (χ3v) is 3.77. The number of anilines is 1. The highest BCUT2D eigenvalue weighted by Gasteiger charge is 2.26. The highest BCUT2D eigenvalue weighted by atomic mass is 19.1. The quantitative estimate of drug-likeness (QED) is 0.869. The van der Waals surface area contributed by atoms with E-state index in [4.69, 9.17) is 0 Å². The van der Waals surface area contributed by atoms with E-state index in [0.717, 1.165) is 17.3 Å². The summed E-state index contributed by atoms with van der Waals surface area (Å²) in [5.74, 6) is -2.61. The fourth-order valence-electron chi connectivity index (χ4n) is 2.57. The van der Waals surface area contributed by atoms with Gasteiger partial charge in [0.05, 0.1) is 30.7 Å². The number of halogens is 3. The maximum absolute atomic E-state index is 13.7. The van der Waals surface area contributed by atoms with Gasteiger partial charge in [-0.2, -0.15) is 0 Å². The second-order valence-corrected chi connectivity index (χ2v) is 5.76. The number of aromatic nitrogens is 2. The lowest BCUT2D eigenvalue weighted by molar-refractivity contribution is -0.122. The van der Waals surface area contributed by atoms with Crippen molar-refractivity contribution in [3.8, 4) is 0 Å². The van der Waals surface area contributed by atoms with Gasteiger partial charge >= 0.3 is 6.03 Å². The zero-order chi connectivity index (χ0) is 18.8. The molecule has 2 N–H and O–H groups in total. The molecule has 7 nitrogen and oxygen atoms in total. The standard InChI is InChI=1S/C16H14F3N5O2/c1-8(14-12(19)3-11(18)4-20-14)22-13(25)7-24-6-9-2-10(17)5-21-15(9)23-16(24)26/h2-5,8H,6-7H2,1H3,(H,22,25)(H,21,23,26)/t8-/m0/s1. The number of urea groups is 1. The summed E-state index contributed by atoms with van der Waals surface area (Å²) in [5, 5.41) is 4.94. The van der Waals surface area contributed by atoms with Crippen LogP contribution in [-0.4, -0.2) is 33.4 Å². The molecule has 10 heteroatoms. The molecule has 1 aliphatic rings.